The second-order valence-electron chi connectivity index (χ2n) is 2.58. The van der Waals surface area contributed by atoms with Crippen molar-refractivity contribution >= 4 is 5.91 Å². The molecule has 4 N–H and O–H groups in total. The molecule has 1 saturated heterocycles. The summed E-state index contributed by atoms with van der Waals surface area (Å²) in [4.78, 5) is 14.9. The second-order valence-corrected chi connectivity index (χ2v) is 2.58. The summed E-state index contributed by atoms with van der Waals surface area (Å²) < 4.78 is 4.92. The standard InChI is InChI=1S/C6H12N2O4/c7-6(10)3-12-8-4-1-11-2-5(4)9/h4-5,8-9H,1-3H2,(H2,7,10). The molecule has 12 heavy (non-hydrogen) atoms. The molecular formula is C6H12N2O4. The van der Waals surface area contributed by atoms with E-state index in [-0.39, 0.29) is 19.3 Å². The number of carbonyl (C=O) groups excluding carboxylic acids is 1. The Kier molecular flexibility index (Phi) is 3.42. The van der Waals surface area contributed by atoms with Gasteiger partial charge in [-0.25, -0.2) is 0 Å². The van der Waals surface area contributed by atoms with Crippen LogP contribution in [0.15, 0.2) is 0 Å². The van der Waals surface area contributed by atoms with Gasteiger partial charge in [0.1, 0.15) is 6.61 Å². The lowest BCUT2D eigenvalue weighted by atomic mass is 10.2. The molecule has 6 heteroatoms. The van der Waals surface area contributed by atoms with E-state index in [9.17, 15) is 9.90 Å². The summed E-state index contributed by atoms with van der Waals surface area (Å²) in [6.45, 7) is 0.459. The zero-order chi connectivity index (χ0) is 8.97. The van der Waals surface area contributed by atoms with E-state index in [4.69, 9.17) is 10.5 Å². The number of ether oxygens (including phenoxy) is 1. The fourth-order valence-electron chi connectivity index (χ4n) is 0.875. The lowest BCUT2D eigenvalue weighted by molar-refractivity contribution is -0.126. The Bertz CT molecular complexity index is 164. The van der Waals surface area contributed by atoms with E-state index < -0.39 is 12.0 Å². The number of nitrogens with two attached hydrogens (primary N) is 1. The number of hydrogen-bond acceptors (Lipinski definition) is 5. The summed E-state index contributed by atoms with van der Waals surface area (Å²) in [5.74, 6) is -0.559. The van der Waals surface area contributed by atoms with E-state index >= 15 is 0 Å². The molecule has 6 nitrogen and oxygen atoms in total. The Morgan fingerprint density at radius 1 is 1.75 bits per heavy atom. The first-order valence-corrected chi connectivity index (χ1v) is 3.61. The van der Waals surface area contributed by atoms with Crippen molar-refractivity contribution in [3.63, 3.8) is 0 Å². The van der Waals surface area contributed by atoms with Gasteiger partial charge in [0, 0.05) is 0 Å². The predicted octanol–water partition coefficient (Wildman–Crippen LogP) is -2.25. The van der Waals surface area contributed by atoms with Crippen LogP contribution in [0.25, 0.3) is 0 Å². The molecule has 1 amide bonds. The van der Waals surface area contributed by atoms with Crippen molar-refractivity contribution in [1.82, 2.24) is 5.48 Å². The van der Waals surface area contributed by atoms with E-state index in [0.717, 1.165) is 0 Å². The van der Waals surface area contributed by atoms with Gasteiger partial charge in [0.2, 0.25) is 5.91 Å². The Morgan fingerprint density at radius 3 is 3.00 bits per heavy atom. The van der Waals surface area contributed by atoms with Crippen LogP contribution in [0.5, 0.6) is 0 Å². The van der Waals surface area contributed by atoms with Crippen molar-refractivity contribution in [2.75, 3.05) is 19.8 Å². The van der Waals surface area contributed by atoms with Crippen LogP contribution in [0.4, 0.5) is 0 Å². The molecule has 1 rings (SSSR count). The van der Waals surface area contributed by atoms with Crippen molar-refractivity contribution in [2.24, 2.45) is 5.73 Å². The molecule has 0 aromatic carbocycles. The van der Waals surface area contributed by atoms with Crippen LogP contribution < -0.4 is 11.2 Å². The molecule has 0 aliphatic carbocycles. The van der Waals surface area contributed by atoms with Crippen molar-refractivity contribution in [1.29, 1.82) is 0 Å². The quantitative estimate of drug-likeness (QED) is 0.421. The lowest BCUT2D eigenvalue weighted by Gasteiger charge is -2.12. The van der Waals surface area contributed by atoms with Gasteiger partial charge < -0.3 is 15.6 Å². The third kappa shape index (κ3) is 2.74. The van der Waals surface area contributed by atoms with Gasteiger partial charge in [-0.15, -0.1) is 0 Å². The number of nitrogens with one attached hydrogen (secondary N) is 1. The number of hydrogen-bond donors (Lipinski definition) is 3. The number of hydroxylamine groups is 1. The fourth-order valence-corrected chi connectivity index (χ4v) is 0.875. The average molecular weight is 176 g/mol. The van der Waals surface area contributed by atoms with Gasteiger partial charge in [0.05, 0.1) is 25.4 Å². The van der Waals surface area contributed by atoms with Crippen LogP contribution in [0.1, 0.15) is 0 Å². The first kappa shape index (κ1) is 9.40. The van der Waals surface area contributed by atoms with Gasteiger partial charge in [-0.2, -0.15) is 5.48 Å². The summed E-state index contributed by atoms with van der Waals surface area (Å²) in [5.41, 5.74) is 7.30. The maximum atomic E-state index is 10.2. The molecule has 1 heterocycles. The number of amides is 1. The van der Waals surface area contributed by atoms with E-state index in [1.807, 2.05) is 0 Å². The fraction of sp³-hybridized carbons (Fsp3) is 0.833. The van der Waals surface area contributed by atoms with Crippen LogP contribution in [-0.4, -0.2) is 43.0 Å². The summed E-state index contributed by atoms with van der Waals surface area (Å²) in [6, 6.07) is -0.274. The third-order valence-electron chi connectivity index (χ3n) is 1.50. The van der Waals surface area contributed by atoms with Gasteiger partial charge in [-0.3, -0.25) is 9.63 Å². The Balaban J connectivity index is 2.10. The maximum absolute atomic E-state index is 10.2. The molecule has 0 aromatic heterocycles. The molecule has 1 aliphatic rings. The highest BCUT2D eigenvalue weighted by Gasteiger charge is 2.26. The molecule has 0 saturated carbocycles. The molecule has 0 radical (unpaired) electrons. The van der Waals surface area contributed by atoms with Crippen molar-refractivity contribution in [3.05, 3.63) is 0 Å². The highest BCUT2D eigenvalue weighted by Crippen LogP contribution is 2.04. The molecule has 2 atom stereocenters. The largest absolute Gasteiger partial charge is 0.389 e. The van der Waals surface area contributed by atoms with Crippen LogP contribution in [0.2, 0.25) is 0 Å². The van der Waals surface area contributed by atoms with Gasteiger partial charge in [-0.1, -0.05) is 0 Å². The summed E-state index contributed by atoms with van der Waals surface area (Å²) in [6.07, 6.45) is -0.585. The van der Waals surface area contributed by atoms with Crippen LogP contribution in [0.3, 0.4) is 0 Å². The Labute approximate surface area is 69.6 Å². The highest BCUT2D eigenvalue weighted by molar-refractivity contribution is 5.74. The molecule has 0 bridgehead atoms. The summed E-state index contributed by atoms with van der Waals surface area (Å²) >= 11 is 0. The SMILES string of the molecule is NC(=O)CONC1COCC1O. The third-order valence-corrected chi connectivity index (χ3v) is 1.50. The first-order chi connectivity index (χ1) is 5.70. The van der Waals surface area contributed by atoms with E-state index in [0.29, 0.717) is 6.61 Å². The maximum Gasteiger partial charge on any atom is 0.245 e. The second kappa shape index (κ2) is 4.36. The first-order valence-electron chi connectivity index (χ1n) is 3.61. The normalized spacial score (nSPS) is 29.1. The number of rotatable bonds is 4. The van der Waals surface area contributed by atoms with Crippen molar-refractivity contribution in [3.8, 4) is 0 Å². The zero-order valence-corrected chi connectivity index (χ0v) is 6.53. The van der Waals surface area contributed by atoms with Crippen molar-refractivity contribution < 1.29 is 19.5 Å². The Hall–Kier alpha value is -0.690. The number of primary amides is 1. The van der Waals surface area contributed by atoms with Gasteiger partial charge in [-0.05, 0) is 0 Å². The lowest BCUT2D eigenvalue weighted by Crippen LogP contribution is -2.40. The molecule has 2 unspecified atom stereocenters. The topological polar surface area (TPSA) is 93.8 Å². The zero-order valence-electron chi connectivity index (χ0n) is 6.53. The summed E-state index contributed by atoms with van der Waals surface area (Å²) in [5, 5.41) is 9.17. The van der Waals surface area contributed by atoms with E-state index in [2.05, 4.69) is 10.3 Å². The van der Waals surface area contributed by atoms with Gasteiger partial charge in [0.25, 0.3) is 0 Å². The minimum atomic E-state index is -0.585. The summed E-state index contributed by atoms with van der Waals surface area (Å²) in [7, 11) is 0. The van der Waals surface area contributed by atoms with Crippen LogP contribution in [0, 0.1) is 0 Å². The Morgan fingerprint density at radius 2 is 2.50 bits per heavy atom. The number of carbonyl (C=O) groups is 1. The van der Waals surface area contributed by atoms with Crippen LogP contribution in [-0.2, 0) is 14.4 Å². The minimum absolute atomic E-state index is 0.205. The van der Waals surface area contributed by atoms with Gasteiger partial charge in [0.15, 0.2) is 0 Å². The van der Waals surface area contributed by atoms with Gasteiger partial charge >= 0.3 is 0 Å². The highest BCUT2D eigenvalue weighted by atomic mass is 16.7. The molecule has 1 fully saturated rings. The molecular weight excluding hydrogens is 164 g/mol. The predicted molar refractivity (Wildman–Crippen MR) is 38.9 cm³/mol. The number of aliphatic hydroxyl groups is 1. The molecule has 0 spiro atoms. The monoisotopic (exact) mass is 176 g/mol. The minimum Gasteiger partial charge on any atom is -0.389 e. The van der Waals surface area contributed by atoms with Crippen LogP contribution >= 0.6 is 0 Å². The smallest absolute Gasteiger partial charge is 0.245 e. The van der Waals surface area contributed by atoms with Crippen molar-refractivity contribution in [2.45, 2.75) is 12.1 Å². The van der Waals surface area contributed by atoms with E-state index in [1.165, 1.54) is 0 Å². The molecule has 70 valence electrons. The molecule has 1 aliphatic heterocycles. The average Bonchev–Trinajstić information content (AvgIpc) is 2.36. The molecule has 0 aromatic rings. The number of aliphatic hydroxyl groups excluding tert-OH is 1. The van der Waals surface area contributed by atoms with E-state index in [1.54, 1.807) is 0 Å².